The monoisotopic (exact) mass is 370 g/mol. The van der Waals surface area contributed by atoms with Crippen molar-refractivity contribution >= 4 is 11.6 Å². The van der Waals surface area contributed by atoms with Crippen LogP contribution in [0.15, 0.2) is 42.7 Å². The number of methoxy groups -OCH3 is 1. The minimum Gasteiger partial charge on any atom is -0.494 e. The van der Waals surface area contributed by atoms with Gasteiger partial charge in [0.05, 0.1) is 19.3 Å². The van der Waals surface area contributed by atoms with Gasteiger partial charge in [0, 0.05) is 18.5 Å². The van der Waals surface area contributed by atoms with Crippen molar-refractivity contribution in [3.05, 3.63) is 59.8 Å². The second kappa shape index (κ2) is 6.96. The van der Waals surface area contributed by atoms with Crippen LogP contribution < -0.4 is 10.1 Å². The van der Waals surface area contributed by atoms with Gasteiger partial charge in [-0.05, 0) is 42.5 Å². The van der Waals surface area contributed by atoms with Gasteiger partial charge in [0.25, 0.3) is 5.91 Å². The molecule has 1 unspecified atom stereocenters. The SMILES string of the molecule is COc1ccc(C(NC(=O)c2cc3ncccn3n2)C2CC(O)C2)cc1F. The molecule has 3 aromatic rings. The third-order valence-corrected chi connectivity index (χ3v) is 4.91. The molecule has 8 heteroatoms. The van der Waals surface area contributed by atoms with E-state index < -0.39 is 18.0 Å². The molecule has 1 amide bonds. The topological polar surface area (TPSA) is 88.8 Å². The van der Waals surface area contributed by atoms with Crippen molar-refractivity contribution in [2.24, 2.45) is 5.92 Å². The molecule has 1 atom stereocenters. The molecule has 1 aliphatic rings. The number of aromatic nitrogens is 3. The van der Waals surface area contributed by atoms with Crippen molar-refractivity contribution in [1.29, 1.82) is 0 Å². The molecule has 27 heavy (non-hydrogen) atoms. The van der Waals surface area contributed by atoms with E-state index in [0.29, 0.717) is 24.1 Å². The van der Waals surface area contributed by atoms with E-state index in [1.165, 1.54) is 23.8 Å². The largest absolute Gasteiger partial charge is 0.494 e. The molecule has 1 aromatic carbocycles. The number of nitrogens with zero attached hydrogens (tertiary/aromatic N) is 3. The molecule has 0 bridgehead atoms. The quantitative estimate of drug-likeness (QED) is 0.718. The van der Waals surface area contributed by atoms with Crippen molar-refractivity contribution in [2.45, 2.75) is 25.0 Å². The van der Waals surface area contributed by atoms with Crippen LogP contribution in [0.2, 0.25) is 0 Å². The molecule has 140 valence electrons. The van der Waals surface area contributed by atoms with Crippen LogP contribution >= 0.6 is 0 Å². The van der Waals surface area contributed by atoms with E-state index in [-0.39, 0.29) is 23.3 Å². The number of hydrogen-bond acceptors (Lipinski definition) is 5. The summed E-state index contributed by atoms with van der Waals surface area (Å²) in [5.74, 6) is -0.704. The molecule has 1 saturated carbocycles. The van der Waals surface area contributed by atoms with Gasteiger partial charge in [-0.25, -0.2) is 13.9 Å². The number of carbonyl (C=O) groups excluding carboxylic acids is 1. The summed E-state index contributed by atoms with van der Waals surface area (Å²) in [7, 11) is 1.40. The van der Waals surface area contributed by atoms with Crippen LogP contribution in [0.5, 0.6) is 5.75 Å². The van der Waals surface area contributed by atoms with Crippen molar-refractivity contribution in [3.8, 4) is 5.75 Å². The van der Waals surface area contributed by atoms with Gasteiger partial charge in [0.15, 0.2) is 22.9 Å². The molecule has 7 nitrogen and oxygen atoms in total. The van der Waals surface area contributed by atoms with Gasteiger partial charge in [-0.1, -0.05) is 6.07 Å². The van der Waals surface area contributed by atoms with E-state index in [1.54, 1.807) is 30.6 Å². The Kier molecular flexibility index (Phi) is 4.49. The summed E-state index contributed by atoms with van der Waals surface area (Å²) in [6.07, 6.45) is 4.03. The number of aliphatic hydroxyl groups excluding tert-OH is 1. The molecule has 2 aromatic heterocycles. The minimum absolute atomic E-state index is 0.0203. The maximum atomic E-state index is 14.2. The van der Waals surface area contributed by atoms with Crippen molar-refractivity contribution in [3.63, 3.8) is 0 Å². The maximum Gasteiger partial charge on any atom is 0.272 e. The predicted octanol–water partition coefficient (Wildman–Crippen LogP) is 2.12. The number of hydrogen-bond donors (Lipinski definition) is 2. The third kappa shape index (κ3) is 3.35. The lowest BCUT2D eigenvalue weighted by Gasteiger charge is -2.38. The highest BCUT2D eigenvalue weighted by molar-refractivity contribution is 5.93. The molecule has 4 rings (SSSR count). The molecule has 0 aliphatic heterocycles. The lowest BCUT2D eigenvalue weighted by molar-refractivity contribution is 0.0234. The smallest absolute Gasteiger partial charge is 0.272 e. The van der Waals surface area contributed by atoms with Crippen LogP contribution in [0.1, 0.15) is 34.9 Å². The number of carbonyl (C=O) groups is 1. The predicted molar refractivity (Wildman–Crippen MR) is 94.9 cm³/mol. The summed E-state index contributed by atoms with van der Waals surface area (Å²) in [6, 6.07) is 7.51. The normalized spacial score (nSPS) is 20.1. The first-order valence-electron chi connectivity index (χ1n) is 8.68. The van der Waals surface area contributed by atoms with Crippen molar-refractivity contribution in [2.75, 3.05) is 7.11 Å². The Balaban J connectivity index is 1.61. The fourth-order valence-corrected chi connectivity index (χ4v) is 3.41. The summed E-state index contributed by atoms with van der Waals surface area (Å²) in [5, 5.41) is 16.8. The van der Waals surface area contributed by atoms with Crippen LogP contribution in [-0.4, -0.2) is 38.8 Å². The summed E-state index contributed by atoms with van der Waals surface area (Å²) < 4.78 is 20.6. The Labute approximate surface area is 154 Å². The number of rotatable bonds is 5. The van der Waals surface area contributed by atoms with Gasteiger partial charge < -0.3 is 15.2 Å². The molecule has 0 radical (unpaired) electrons. The van der Waals surface area contributed by atoms with Crippen LogP contribution in [0.4, 0.5) is 4.39 Å². The Bertz CT molecular complexity index is 951. The first kappa shape index (κ1) is 17.4. The van der Waals surface area contributed by atoms with E-state index >= 15 is 0 Å². The van der Waals surface area contributed by atoms with Crippen LogP contribution in [0, 0.1) is 11.7 Å². The summed E-state index contributed by atoms with van der Waals surface area (Å²) >= 11 is 0. The molecule has 2 N–H and O–H groups in total. The first-order valence-corrected chi connectivity index (χ1v) is 8.68. The van der Waals surface area contributed by atoms with Crippen LogP contribution in [-0.2, 0) is 0 Å². The Morgan fingerprint density at radius 3 is 2.89 bits per heavy atom. The van der Waals surface area contributed by atoms with E-state index in [2.05, 4.69) is 15.4 Å². The second-order valence-corrected chi connectivity index (χ2v) is 6.68. The van der Waals surface area contributed by atoms with Gasteiger partial charge in [0.2, 0.25) is 0 Å². The average Bonchev–Trinajstić information content (AvgIpc) is 3.08. The zero-order chi connectivity index (χ0) is 19.0. The highest BCUT2D eigenvalue weighted by Crippen LogP contribution is 2.39. The maximum absolute atomic E-state index is 14.2. The lowest BCUT2D eigenvalue weighted by atomic mass is 9.75. The number of halogens is 1. The first-order chi connectivity index (χ1) is 13.0. The standard InChI is InChI=1S/C19H19FN4O3/c1-27-16-4-3-11(9-14(16)20)18(12-7-13(25)8-12)22-19(26)15-10-17-21-5-2-6-24(17)23-15/h2-6,9-10,12-13,18,25H,7-8H2,1H3,(H,22,26). The van der Waals surface area contributed by atoms with E-state index in [1.807, 2.05) is 0 Å². The van der Waals surface area contributed by atoms with E-state index in [9.17, 15) is 14.3 Å². The van der Waals surface area contributed by atoms with Crippen molar-refractivity contribution in [1.82, 2.24) is 19.9 Å². The highest BCUT2D eigenvalue weighted by atomic mass is 19.1. The van der Waals surface area contributed by atoms with Crippen LogP contribution in [0.3, 0.4) is 0 Å². The van der Waals surface area contributed by atoms with Gasteiger partial charge in [-0.2, -0.15) is 5.10 Å². The number of ether oxygens (including phenoxy) is 1. The number of benzene rings is 1. The number of fused-ring (bicyclic) bond motifs is 1. The molecule has 0 saturated heterocycles. The zero-order valence-corrected chi connectivity index (χ0v) is 14.7. The minimum atomic E-state index is -0.494. The number of amides is 1. The zero-order valence-electron chi connectivity index (χ0n) is 14.7. The van der Waals surface area contributed by atoms with Gasteiger partial charge in [-0.3, -0.25) is 4.79 Å². The number of aliphatic hydroxyl groups is 1. The van der Waals surface area contributed by atoms with Crippen LogP contribution in [0.25, 0.3) is 5.65 Å². The Morgan fingerprint density at radius 1 is 1.41 bits per heavy atom. The van der Waals surface area contributed by atoms with Crippen molar-refractivity contribution < 1.29 is 19.0 Å². The molecular weight excluding hydrogens is 351 g/mol. The highest BCUT2D eigenvalue weighted by Gasteiger charge is 2.36. The molecule has 1 fully saturated rings. The average molecular weight is 370 g/mol. The second-order valence-electron chi connectivity index (χ2n) is 6.68. The van der Waals surface area contributed by atoms with E-state index in [4.69, 9.17) is 4.74 Å². The van der Waals surface area contributed by atoms with Gasteiger partial charge >= 0.3 is 0 Å². The Hall–Kier alpha value is -3.00. The molecule has 2 heterocycles. The summed E-state index contributed by atoms with van der Waals surface area (Å²) in [6.45, 7) is 0. The summed E-state index contributed by atoms with van der Waals surface area (Å²) in [4.78, 5) is 16.9. The molecular formula is C19H19FN4O3. The summed E-state index contributed by atoms with van der Waals surface area (Å²) in [5.41, 5.74) is 1.42. The van der Waals surface area contributed by atoms with E-state index in [0.717, 1.165) is 0 Å². The Morgan fingerprint density at radius 2 is 2.22 bits per heavy atom. The lowest BCUT2D eigenvalue weighted by Crippen LogP contribution is -2.41. The molecule has 0 spiro atoms. The van der Waals surface area contributed by atoms with Gasteiger partial charge in [0.1, 0.15) is 0 Å². The fraction of sp³-hybridized carbons (Fsp3) is 0.316. The fourth-order valence-electron chi connectivity index (χ4n) is 3.41. The van der Waals surface area contributed by atoms with Gasteiger partial charge in [-0.15, -0.1) is 0 Å². The third-order valence-electron chi connectivity index (χ3n) is 4.91. The number of nitrogens with one attached hydrogen (secondary N) is 1. The molecule has 1 aliphatic carbocycles.